The molecule has 0 aliphatic carbocycles. The van der Waals surface area contributed by atoms with Gasteiger partial charge in [0.15, 0.2) is 0 Å². The third kappa shape index (κ3) is 2.77. The molecule has 0 aromatic rings. The van der Waals surface area contributed by atoms with E-state index in [0.717, 1.165) is 25.9 Å². The zero-order chi connectivity index (χ0) is 8.10. The summed E-state index contributed by atoms with van der Waals surface area (Å²) in [5.41, 5.74) is 0. The van der Waals surface area contributed by atoms with Gasteiger partial charge in [0.1, 0.15) is 0 Å². The lowest BCUT2D eigenvalue weighted by atomic mass is 10.1. The zero-order valence-electron chi connectivity index (χ0n) is 6.70. The second kappa shape index (κ2) is 4.70. The molecule has 3 heteroatoms. The quantitative estimate of drug-likeness (QED) is 0.610. The molecular weight excluding hydrogens is 144 g/mol. The van der Waals surface area contributed by atoms with Crippen LogP contribution < -0.4 is 0 Å². The first-order chi connectivity index (χ1) is 5.34. The highest BCUT2D eigenvalue weighted by Gasteiger charge is 2.21. The Kier molecular flexibility index (Phi) is 3.83. The van der Waals surface area contributed by atoms with Crippen molar-refractivity contribution in [3.8, 4) is 0 Å². The standard InChI is InChI=1S/C8H16O3/c9-5-4-8-7(10)3-1-2-6-11-8/h7-10H,1-6H2. The van der Waals surface area contributed by atoms with Crippen molar-refractivity contribution < 1.29 is 14.9 Å². The van der Waals surface area contributed by atoms with Crippen molar-refractivity contribution in [2.75, 3.05) is 13.2 Å². The van der Waals surface area contributed by atoms with Gasteiger partial charge in [-0.3, -0.25) is 0 Å². The summed E-state index contributed by atoms with van der Waals surface area (Å²) in [6, 6.07) is 0. The Morgan fingerprint density at radius 2 is 2.18 bits per heavy atom. The van der Waals surface area contributed by atoms with Gasteiger partial charge in [-0.1, -0.05) is 0 Å². The lowest BCUT2D eigenvalue weighted by Gasteiger charge is -2.18. The smallest absolute Gasteiger partial charge is 0.0855 e. The molecule has 0 radical (unpaired) electrons. The van der Waals surface area contributed by atoms with Crippen LogP contribution in [0.3, 0.4) is 0 Å². The van der Waals surface area contributed by atoms with Crippen molar-refractivity contribution in [2.24, 2.45) is 0 Å². The highest BCUT2D eigenvalue weighted by molar-refractivity contribution is 4.71. The molecule has 1 aliphatic rings. The highest BCUT2D eigenvalue weighted by Crippen LogP contribution is 2.15. The van der Waals surface area contributed by atoms with E-state index >= 15 is 0 Å². The average Bonchev–Trinajstić information content (AvgIpc) is 2.18. The Balaban J connectivity index is 2.32. The Labute approximate surface area is 67.0 Å². The summed E-state index contributed by atoms with van der Waals surface area (Å²) in [5.74, 6) is 0. The minimum atomic E-state index is -0.371. The van der Waals surface area contributed by atoms with Crippen molar-refractivity contribution in [3.63, 3.8) is 0 Å². The maximum absolute atomic E-state index is 9.44. The van der Waals surface area contributed by atoms with Crippen LogP contribution >= 0.6 is 0 Å². The number of ether oxygens (including phenoxy) is 1. The van der Waals surface area contributed by atoms with E-state index in [1.807, 2.05) is 0 Å². The van der Waals surface area contributed by atoms with Gasteiger partial charge in [0.05, 0.1) is 12.2 Å². The number of hydrogen-bond acceptors (Lipinski definition) is 3. The normalized spacial score (nSPS) is 33.3. The van der Waals surface area contributed by atoms with Crippen molar-refractivity contribution in [3.05, 3.63) is 0 Å². The molecule has 0 amide bonds. The largest absolute Gasteiger partial charge is 0.396 e. The lowest BCUT2D eigenvalue weighted by Crippen LogP contribution is -2.28. The minimum absolute atomic E-state index is 0.0989. The van der Waals surface area contributed by atoms with Crippen molar-refractivity contribution >= 4 is 0 Å². The molecular formula is C8H16O3. The lowest BCUT2D eigenvalue weighted by molar-refractivity contribution is -0.0363. The fraction of sp³-hybridized carbons (Fsp3) is 1.00. The van der Waals surface area contributed by atoms with Crippen LogP contribution in [0.25, 0.3) is 0 Å². The highest BCUT2D eigenvalue weighted by atomic mass is 16.5. The monoisotopic (exact) mass is 160 g/mol. The maximum Gasteiger partial charge on any atom is 0.0855 e. The summed E-state index contributed by atoms with van der Waals surface area (Å²) in [6.07, 6.45) is 2.92. The molecule has 0 aromatic carbocycles. The summed E-state index contributed by atoms with van der Waals surface area (Å²) in [6.45, 7) is 0.823. The first-order valence-electron chi connectivity index (χ1n) is 4.25. The van der Waals surface area contributed by atoms with E-state index in [1.54, 1.807) is 0 Å². The molecule has 3 nitrogen and oxygen atoms in total. The summed E-state index contributed by atoms with van der Waals surface area (Å²) >= 11 is 0. The van der Waals surface area contributed by atoms with Crippen LogP contribution in [0.5, 0.6) is 0 Å². The van der Waals surface area contributed by atoms with Crippen LogP contribution in [-0.4, -0.2) is 35.6 Å². The summed E-state index contributed by atoms with van der Waals surface area (Å²) < 4.78 is 5.35. The van der Waals surface area contributed by atoms with Crippen LogP contribution in [0.4, 0.5) is 0 Å². The van der Waals surface area contributed by atoms with Gasteiger partial charge in [0.25, 0.3) is 0 Å². The van der Waals surface area contributed by atoms with Crippen LogP contribution in [0.2, 0.25) is 0 Å². The van der Waals surface area contributed by atoms with E-state index < -0.39 is 0 Å². The van der Waals surface area contributed by atoms with Gasteiger partial charge in [-0.25, -0.2) is 0 Å². The van der Waals surface area contributed by atoms with E-state index in [-0.39, 0.29) is 18.8 Å². The maximum atomic E-state index is 9.44. The molecule has 2 atom stereocenters. The van der Waals surface area contributed by atoms with Gasteiger partial charge in [-0.15, -0.1) is 0 Å². The molecule has 0 spiro atoms. The van der Waals surface area contributed by atoms with Gasteiger partial charge >= 0.3 is 0 Å². The van der Waals surface area contributed by atoms with E-state index in [2.05, 4.69) is 0 Å². The third-order valence-corrected chi connectivity index (χ3v) is 2.07. The molecule has 2 unspecified atom stereocenters. The molecule has 2 N–H and O–H groups in total. The predicted octanol–water partition coefficient (Wildman–Crippen LogP) is 0.299. The molecule has 1 saturated heterocycles. The Bertz CT molecular complexity index is 106. The SMILES string of the molecule is OCCC1OCCCCC1O. The Hall–Kier alpha value is -0.120. The van der Waals surface area contributed by atoms with Gasteiger partial charge in [-0.2, -0.15) is 0 Å². The molecule has 0 bridgehead atoms. The molecule has 1 fully saturated rings. The van der Waals surface area contributed by atoms with E-state index in [0.29, 0.717) is 6.42 Å². The fourth-order valence-electron chi connectivity index (χ4n) is 1.39. The number of hydrogen-bond donors (Lipinski definition) is 2. The van der Waals surface area contributed by atoms with Crippen molar-refractivity contribution in [2.45, 2.75) is 37.9 Å². The van der Waals surface area contributed by atoms with Gasteiger partial charge in [-0.05, 0) is 25.7 Å². The van der Waals surface area contributed by atoms with Crippen molar-refractivity contribution in [1.29, 1.82) is 0 Å². The molecule has 11 heavy (non-hydrogen) atoms. The second-order valence-electron chi connectivity index (χ2n) is 2.98. The fourth-order valence-corrected chi connectivity index (χ4v) is 1.39. The Morgan fingerprint density at radius 1 is 1.36 bits per heavy atom. The third-order valence-electron chi connectivity index (χ3n) is 2.07. The van der Waals surface area contributed by atoms with E-state index in [9.17, 15) is 5.11 Å². The number of rotatable bonds is 2. The van der Waals surface area contributed by atoms with Crippen LogP contribution in [-0.2, 0) is 4.74 Å². The van der Waals surface area contributed by atoms with Gasteiger partial charge in [0.2, 0.25) is 0 Å². The summed E-state index contributed by atoms with van der Waals surface area (Å²) in [7, 11) is 0. The van der Waals surface area contributed by atoms with E-state index in [1.165, 1.54) is 0 Å². The zero-order valence-corrected chi connectivity index (χ0v) is 6.70. The van der Waals surface area contributed by atoms with Gasteiger partial charge < -0.3 is 14.9 Å². The molecule has 0 saturated carbocycles. The number of aliphatic hydroxyl groups excluding tert-OH is 2. The predicted molar refractivity (Wildman–Crippen MR) is 41.3 cm³/mol. The van der Waals surface area contributed by atoms with Crippen LogP contribution in [0, 0.1) is 0 Å². The van der Waals surface area contributed by atoms with Crippen molar-refractivity contribution in [1.82, 2.24) is 0 Å². The molecule has 66 valence electrons. The van der Waals surface area contributed by atoms with Crippen LogP contribution in [0.15, 0.2) is 0 Å². The molecule has 1 rings (SSSR count). The summed E-state index contributed by atoms with van der Waals surface area (Å²) in [5, 5.41) is 18.1. The average molecular weight is 160 g/mol. The van der Waals surface area contributed by atoms with Gasteiger partial charge in [0, 0.05) is 13.2 Å². The first-order valence-corrected chi connectivity index (χ1v) is 4.25. The molecule has 0 aromatic heterocycles. The topological polar surface area (TPSA) is 49.7 Å². The number of aliphatic hydroxyl groups is 2. The molecule has 1 heterocycles. The first kappa shape index (κ1) is 8.97. The van der Waals surface area contributed by atoms with Crippen LogP contribution in [0.1, 0.15) is 25.7 Å². The molecule has 1 aliphatic heterocycles. The summed E-state index contributed by atoms with van der Waals surface area (Å²) in [4.78, 5) is 0. The minimum Gasteiger partial charge on any atom is -0.396 e. The van der Waals surface area contributed by atoms with E-state index in [4.69, 9.17) is 9.84 Å². The Morgan fingerprint density at radius 3 is 2.91 bits per heavy atom. The second-order valence-corrected chi connectivity index (χ2v) is 2.98.